The first-order valence-corrected chi connectivity index (χ1v) is 6.30. The largest absolute Gasteiger partial charge is 0.352 e. The molecule has 4 nitrogen and oxygen atoms in total. The van der Waals surface area contributed by atoms with Crippen molar-refractivity contribution < 1.29 is 4.79 Å². The molecule has 2 unspecified atom stereocenters. The van der Waals surface area contributed by atoms with Crippen molar-refractivity contribution in [2.75, 3.05) is 19.6 Å². The summed E-state index contributed by atoms with van der Waals surface area (Å²) in [5.41, 5.74) is 5.73. The van der Waals surface area contributed by atoms with Crippen molar-refractivity contribution in [2.24, 2.45) is 5.73 Å². The van der Waals surface area contributed by atoms with Gasteiger partial charge in [-0.15, -0.1) is 0 Å². The first-order chi connectivity index (χ1) is 7.53. The lowest BCUT2D eigenvalue weighted by Crippen LogP contribution is -2.43. The van der Waals surface area contributed by atoms with E-state index in [9.17, 15) is 4.79 Å². The summed E-state index contributed by atoms with van der Waals surface area (Å²) in [6.45, 7) is 11.2. The number of nitrogens with zero attached hydrogens (tertiary/aromatic N) is 1. The average Bonchev–Trinajstić information content (AvgIpc) is 2.25. The molecule has 0 bridgehead atoms. The minimum Gasteiger partial charge on any atom is -0.352 e. The highest BCUT2D eigenvalue weighted by Gasteiger charge is 2.12. The lowest BCUT2D eigenvalue weighted by Gasteiger charge is -2.23. The van der Waals surface area contributed by atoms with Gasteiger partial charge in [0.05, 0.1) is 0 Å². The van der Waals surface area contributed by atoms with Crippen LogP contribution in [0, 0.1) is 0 Å². The SMILES string of the molecule is CCC(N)CC(=O)NC(C)CN(CC)CC. The molecule has 3 N–H and O–H groups in total. The molecule has 0 aliphatic heterocycles. The van der Waals surface area contributed by atoms with E-state index in [1.807, 2.05) is 13.8 Å². The van der Waals surface area contributed by atoms with Gasteiger partial charge in [-0.2, -0.15) is 0 Å². The molecule has 0 aromatic rings. The van der Waals surface area contributed by atoms with Crippen molar-refractivity contribution >= 4 is 5.91 Å². The van der Waals surface area contributed by atoms with Gasteiger partial charge in [-0.05, 0) is 26.4 Å². The van der Waals surface area contributed by atoms with Crippen LogP contribution < -0.4 is 11.1 Å². The highest BCUT2D eigenvalue weighted by molar-refractivity contribution is 5.76. The molecule has 96 valence electrons. The fourth-order valence-electron chi connectivity index (χ4n) is 1.63. The number of likely N-dealkylation sites (N-methyl/N-ethyl adjacent to an activating group) is 1. The minimum absolute atomic E-state index is 0.0133. The molecular formula is C12H27N3O. The molecule has 0 spiro atoms. The molecule has 0 saturated carbocycles. The van der Waals surface area contributed by atoms with Gasteiger partial charge in [-0.3, -0.25) is 4.79 Å². The molecule has 0 aliphatic carbocycles. The number of carbonyl (C=O) groups excluding carboxylic acids is 1. The molecule has 0 aliphatic rings. The second kappa shape index (κ2) is 8.53. The van der Waals surface area contributed by atoms with Crippen LogP contribution in [0.15, 0.2) is 0 Å². The lowest BCUT2D eigenvalue weighted by atomic mass is 10.1. The summed E-state index contributed by atoms with van der Waals surface area (Å²) in [5.74, 6) is 0.0639. The van der Waals surface area contributed by atoms with Gasteiger partial charge in [-0.25, -0.2) is 0 Å². The Morgan fingerprint density at radius 3 is 2.31 bits per heavy atom. The predicted molar refractivity (Wildman–Crippen MR) is 68.3 cm³/mol. The average molecular weight is 229 g/mol. The van der Waals surface area contributed by atoms with Crippen LogP contribution in [0.4, 0.5) is 0 Å². The molecule has 0 fully saturated rings. The normalized spacial score (nSPS) is 14.9. The standard InChI is InChI=1S/C12H27N3O/c1-5-11(13)8-12(16)14-10(4)9-15(6-2)7-3/h10-11H,5-9,13H2,1-4H3,(H,14,16). The monoisotopic (exact) mass is 229 g/mol. The Morgan fingerprint density at radius 1 is 1.31 bits per heavy atom. The van der Waals surface area contributed by atoms with Gasteiger partial charge in [0, 0.05) is 25.0 Å². The van der Waals surface area contributed by atoms with E-state index >= 15 is 0 Å². The topological polar surface area (TPSA) is 58.4 Å². The van der Waals surface area contributed by atoms with Crippen molar-refractivity contribution in [1.82, 2.24) is 10.2 Å². The van der Waals surface area contributed by atoms with E-state index in [0.29, 0.717) is 6.42 Å². The number of carbonyl (C=O) groups is 1. The zero-order chi connectivity index (χ0) is 12.6. The lowest BCUT2D eigenvalue weighted by molar-refractivity contribution is -0.122. The summed E-state index contributed by atoms with van der Waals surface area (Å²) in [6, 6.07) is 0.178. The Kier molecular flexibility index (Phi) is 8.21. The second-order valence-corrected chi connectivity index (χ2v) is 4.33. The van der Waals surface area contributed by atoms with Gasteiger partial charge in [0.1, 0.15) is 0 Å². The van der Waals surface area contributed by atoms with E-state index in [1.54, 1.807) is 0 Å². The smallest absolute Gasteiger partial charge is 0.221 e. The Hall–Kier alpha value is -0.610. The zero-order valence-corrected chi connectivity index (χ0v) is 11.1. The molecule has 0 aromatic heterocycles. The molecule has 0 saturated heterocycles. The van der Waals surface area contributed by atoms with Gasteiger partial charge in [0.15, 0.2) is 0 Å². The van der Waals surface area contributed by atoms with Crippen LogP contribution in [0.25, 0.3) is 0 Å². The van der Waals surface area contributed by atoms with Crippen molar-refractivity contribution in [1.29, 1.82) is 0 Å². The van der Waals surface area contributed by atoms with Crippen LogP contribution in [-0.4, -0.2) is 42.5 Å². The van der Waals surface area contributed by atoms with Gasteiger partial charge in [0.25, 0.3) is 0 Å². The van der Waals surface area contributed by atoms with Crippen molar-refractivity contribution in [3.63, 3.8) is 0 Å². The fraction of sp³-hybridized carbons (Fsp3) is 0.917. The highest BCUT2D eigenvalue weighted by atomic mass is 16.1. The third-order valence-electron chi connectivity index (χ3n) is 2.81. The summed E-state index contributed by atoms with van der Waals surface area (Å²) >= 11 is 0. The Bertz CT molecular complexity index is 193. The first-order valence-electron chi connectivity index (χ1n) is 6.30. The third-order valence-corrected chi connectivity index (χ3v) is 2.81. The van der Waals surface area contributed by atoms with Crippen molar-refractivity contribution in [2.45, 2.75) is 52.6 Å². The van der Waals surface area contributed by atoms with E-state index in [-0.39, 0.29) is 18.0 Å². The highest BCUT2D eigenvalue weighted by Crippen LogP contribution is 1.96. The quantitative estimate of drug-likeness (QED) is 0.652. The summed E-state index contributed by atoms with van der Waals surface area (Å²) < 4.78 is 0. The maximum absolute atomic E-state index is 11.6. The Balaban J connectivity index is 3.85. The summed E-state index contributed by atoms with van der Waals surface area (Å²) in [7, 11) is 0. The molecule has 0 heterocycles. The van der Waals surface area contributed by atoms with E-state index in [2.05, 4.69) is 24.1 Å². The Morgan fingerprint density at radius 2 is 1.88 bits per heavy atom. The first kappa shape index (κ1) is 15.4. The van der Waals surface area contributed by atoms with Crippen LogP contribution in [-0.2, 0) is 4.79 Å². The predicted octanol–water partition coefficient (Wildman–Crippen LogP) is 0.960. The number of hydrogen-bond donors (Lipinski definition) is 2. The minimum atomic E-state index is -0.0133. The molecule has 1 amide bonds. The molecule has 0 aromatic carbocycles. The van der Waals surface area contributed by atoms with Crippen molar-refractivity contribution in [3.05, 3.63) is 0 Å². The van der Waals surface area contributed by atoms with Gasteiger partial charge >= 0.3 is 0 Å². The summed E-state index contributed by atoms with van der Waals surface area (Å²) in [4.78, 5) is 13.9. The number of amides is 1. The molecule has 0 radical (unpaired) electrons. The zero-order valence-electron chi connectivity index (χ0n) is 11.1. The fourth-order valence-corrected chi connectivity index (χ4v) is 1.63. The van der Waals surface area contributed by atoms with Gasteiger partial charge in [-0.1, -0.05) is 20.8 Å². The van der Waals surface area contributed by atoms with Crippen LogP contribution in [0.2, 0.25) is 0 Å². The van der Waals surface area contributed by atoms with Gasteiger partial charge in [0.2, 0.25) is 5.91 Å². The number of rotatable bonds is 8. The van der Waals surface area contributed by atoms with E-state index in [1.165, 1.54) is 0 Å². The molecule has 16 heavy (non-hydrogen) atoms. The van der Waals surface area contributed by atoms with E-state index in [0.717, 1.165) is 26.1 Å². The molecule has 2 atom stereocenters. The molecular weight excluding hydrogens is 202 g/mol. The van der Waals surface area contributed by atoms with E-state index in [4.69, 9.17) is 5.73 Å². The van der Waals surface area contributed by atoms with Crippen LogP contribution in [0.1, 0.15) is 40.5 Å². The maximum atomic E-state index is 11.6. The van der Waals surface area contributed by atoms with Crippen LogP contribution in [0.5, 0.6) is 0 Å². The maximum Gasteiger partial charge on any atom is 0.221 e. The molecule has 0 rings (SSSR count). The third kappa shape index (κ3) is 6.80. The van der Waals surface area contributed by atoms with Crippen LogP contribution in [0.3, 0.4) is 0 Å². The number of nitrogens with two attached hydrogens (primary N) is 1. The van der Waals surface area contributed by atoms with Crippen molar-refractivity contribution in [3.8, 4) is 0 Å². The number of hydrogen-bond acceptors (Lipinski definition) is 3. The summed E-state index contributed by atoms with van der Waals surface area (Å²) in [6.07, 6.45) is 1.27. The summed E-state index contributed by atoms with van der Waals surface area (Å²) in [5, 5.41) is 2.98. The van der Waals surface area contributed by atoms with Gasteiger partial charge < -0.3 is 16.0 Å². The number of nitrogens with one attached hydrogen (secondary N) is 1. The van der Waals surface area contributed by atoms with E-state index < -0.39 is 0 Å². The second-order valence-electron chi connectivity index (χ2n) is 4.33. The Labute approximate surface area is 99.6 Å². The van der Waals surface area contributed by atoms with Crippen LogP contribution >= 0.6 is 0 Å². The molecule has 4 heteroatoms.